The molecule has 0 unspecified atom stereocenters. The molecule has 0 spiro atoms. The van der Waals surface area contributed by atoms with Crippen LogP contribution in [0.3, 0.4) is 0 Å². The summed E-state index contributed by atoms with van der Waals surface area (Å²) in [5, 5.41) is 1.49. The van der Waals surface area contributed by atoms with Crippen molar-refractivity contribution in [3.8, 4) is 17.0 Å². The van der Waals surface area contributed by atoms with Crippen LogP contribution in [0, 0.1) is 5.92 Å². The van der Waals surface area contributed by atoms with Crippen molar-refractivity contribution < 1.29 is 9.47 Å². The number of rotatable bonds is 9. The van der Waals surface area contributed by atoms with E-state index < -0.39 is 8.07 Å². The molecule has 29 heavy (non-hydrogen) atoms. The minimum atomic E-state index is -1.12. The number of hydrogen-bond donors (Lipinski definition) is 0. The zero-order valence-electron chi connectivity index (χ0n) is 17.3. The highest BCUT2D eigenvalue weighted by atomic mass is 35.5. The second-order valence-electron chi connectivity index (χ2n) is 8.98. The monoisotopic (exact) mass is 429 g/mol. The third-order valence-electron chi connectivity index (χ3n) is 5.13. The van der Waals surface area contributed by atoms with E-state index in [4.69, 9.17) is 21.1 Å². The minimum absolute atomic E-state index is 0.451. The first-order valence-electron chi connectivity index (χ1n) is 10.2. The van der Waals surface area contributed by atoms with Crippen LogP contribution >= 0.6 is 11.6 Å². The van der Waals surface area contributed by atoms with Gasteiger partial charge in [-0.05, 0) is 49.1 Å². The summed E-state index contributed by atoms with van der Waals surface area (Å²) < 4.78 is 14.0. The standard InChI is InChI=1S/C22H28ClN3O2Si/c1-29(2,3)12-11-27-15-26-13-19(17-8-9-20(23)25-21(17)26)18-5-4-10-24-22(18)28-14-16-6-7-16/h4-5,8-10,13,16H,6-7,11-12,14-15H2,1-3H3. The molecule has 5 nitrogen and oxygen atoms in total. The molecule has 1 saturated carbocycles. The number of halogens is 1. The number of pyridine rings is 2. The van der Waals surface area contributed by atoms with Crippen molar-refractivity contribution in [3.63, 3.8) is 0 Å². The summed E-state index contributed by atoms with van der Waals surface area (Å²) in [6, 6.07) is 8.96. The fourth-order valence-electron chi connectivity index (χ4n) is 3.19. The maximum atomic E-state index is 6.19. The van der Waals surface area contributed by atoms with E-state index in [0.29, 0.717) is 23.7 Å². The third kappa shape index (κ3) is 5.18. The molecule has 4 rings (SSSR count). The molecule has 3 aromatic heterocycles. The molecule has 0 amide bonds. The summed E-state index contributed by atoms with van der Waals surface area (Å²) in [5.74, 6) is 1.35. The summed E-state index contributed by atoms with van der Waals surface area (Å²) in [7, 11) is -1.12. The Morgan fingerprint density at radius 2 is 2.00 bits per heavy atom. The van der Waals surface area contributed by atoms with Crippen molar-refractivity contribution in [1.29, 1.82) is 0 Å². The molecule has 1 aliphatic rings. The largest absolute Gasteiger partial charge is 0.477 e. The van der Waals surface area contributed by atoms with Crippen LogP contribution in [0.15, 0.2) is 36.7 Å². The van der Waals surface area contributed by atoms with Crippen LogP contribution in [0.1, 0.15) is 12.8 Å². The fraction of sp³-hybridized carbons (Fsp3) is 0.455. The van der Waals surface area contributed by atoms with Crippen molar-refractivity contribution in [2.75, 3.05) is 13.2 Å². The average molecular weight is 430 g/mol. The summed E-state index contributed by atoms with van der Waals surface area (Å²) in [6.07, 6.45) is 6.35. The molecule has 0 atom stereocenters. The van der Waals surface area contributed by atoms with E-state index in [1.165, 1.54) is 12.8 Å². The summed E-state index contributed by atoms with van der Waals surface area (Å²) >= 11 is 6.19. The average Bonchev–Trinajstić information content (AvgIpc) is 3.44. The lowest BCUT2D eigenvalue weighted by atomic mass is 10.1. The van der Waals surface area contributed by atoms with Crippen LogP contribution in [0.5, 0.6) is 5.88 Å². The van der Waals surface area contributed by atoms with Crippen LogP contribution in [-0.2, 0) is 11.5 Å². The van der Waals surface area contributed by atoms with Gasteiger partial charge in [0, 0.05) is 43.6 Å². The molecule has 0 saturated heterocycles. The van der Waals surface area contributed by atoms with Gasteiger partial charge in [-0.2, -0.15) is 0 Å². The van der Waals surface area contributed by atoms with Gasteiger partial charge in [0.2, 0.25) is 5.88 Å². The van der Waals surface area contributed by atoms with Gasteiger partial charge < -0.3 is 14.0 Å². The van der Waals surface area contributed by atoms with Crippen molar-refractivity contribution >= 4 is 30.7 Å². The highest BCUT2D eigenvalue weighted by molar-refractivity contribution is 6.76. The molecular formula is C22H28ClN3O2Si. The number of aromatic nitrogens is 3. The normalized spacial score (nSPS) is 14.5. The van der Waals surface area contributed by atoms with Crippen molar-refractivity contribution in [2.45, 2.75) is 45.3 Å². The van der Waals surface area contributed by atoms with Gasteiger partial charge in [0.15, 0.2) is 0 Å². The van der Waals surface area contributed by atoms with E-state index >= 15 is 0 Å². The zero-order chi connectivity index (χ0) is 20.4. The van der Waals surface area contributed by atoms with Gasteiger partial charge in [0.25, 0.3) is 0 Å². The SMILES string of the molecule is C[Si](C)(C)CCOCn1cc(-c2cccnc2OCC2CC2)c2ccc(Cl)nc21. The van der Waals surface area contributed by atoms with Crippen molar-refractivity contribution in [2.24, 2.45) is 5.92 Å². The second kappa shape index (κ2) is 8.46. The number of fused-ring (bicyclic) bond motifs is 1. The van der Waals surface area contributed by atoms with Crippen LogP contribution in [0.4, 0.5) is 0 Å². The van der Waals surface area contributed by atoms with E-state index in [-0.39, 0.29) is 0 Å². The summed E-state index contributed by atoms with van der Waals surface area (Å²) in [5.41, 5.74) is 2.83. The molecule has 7 heteroatoms. The topological polar surface area (TPSA) is 49.2 Å². The molecule has 0 aromatic carbocycles. The van der Waals surface area contributed by atoms with Gasteiger partial charge in [0.1, 0.15) is 17.5 Å². The first-order chi connectivity index (χ1) is 13.9. The quantitative estimate of drug-likeness (QED) is 0.243. The Balaban J connectivity index is 1.63. The van der Waals surface area contributed by atoms with E-state index in [1.54, 1.807) is 6.20 Å². The summed E-state index contributed by atoms with van der Waals surface area (Å²) in [4.78, 5) is 9.05. The Kier molecular flexibility index (Phi) is 5.95. The Morgan fingerprint density at radius 1 is 1.17 bits per heavy atom. The predicted molar refractivity (Wildman–Crippen MR) is 120 cm³/mol. The predicted octanol–water partition coefficient (Wildman–Crippen LogP) is 5.85. The Bertz CT molecular complexity index is 995. The van der Waals surface area contributed by atoms with Gasteiger partial charge in [-0.1, -0.05) is 31.2 Å². The highest BCUT2D eigenvalue weighted by Crippen LogP contribution is 2.36. The Hall–Kier alpha value is -1.89. The lowest BCUT2D eigenvalue weighted by Crippen LogP contribution is -2.22. The second-order valence-corrected chi connectivity index (χ2v) is 15.0. The zero-order valence-corrected chi connectivity index (χ0v) is 19.1. The molecule has 1 fully saturated rings. The van der Waals surface area contributed by atoms with Gasteiger partial charge >= 0.3 is 0 Å². The number of ether oxygens (including phenoxy) is 2. The molecule has 0 N–H and O–H groups in total. The minimum Gasteiger partial charge on any atom is -0.477 e. The van der Waals surface area contributed by atoms with Gasteiger partial charge in [0.05, 0.1) is 6.61 Å². The van der Waals surface area contributed by atoms with Crippen molar-refractivity contribution in [3.05, 3.63) is 41.8 Å². The Labute approximate surface area is 178 Å². The molecule has 1 aliphatic carbocycles. The fourth-order valence-corrected chi connectivity index (χ4v) is 4.09. The third-order valence-corrected chi connectivity index (χ3v) is 7.04. The number of nitrogens with zero attached hydrogens (tertiary/aromatic N) is 3. The van der Waals surface area contributed by atoms with Crippen LogP contribution in [0.25, 0.3) is 22.2 Å². The van der Waals surface area contributed by atoms with E-state index in [0.717, 1.165) is 41.4 Å². The van der Waals surface area contributed by atoms with Gasteiger partial charge in [-0.3, -0.25) is 0 Å². The van der Waals surface area contributed by atoms with Gasteiger partial charge in [-0.25, -0.2) is 9.97 Å². The molecule has 0 bridgehead atoms. The molecule has 0 aliphatic heterocycles. The maximum Gasteiger partial charge on any atom is 0.221 e. The van der Waals surface area contributed by atoms with Crippen LogP contribution in [0.2, 0.25) is 30.8 Å². The van der Waals surface area contributed by atoms with Crippen LogP contribution in [-0.4, -0.2) is 35.8 Å². The van der Waals surface area contributed by atoms with E-state index in [1.807, 2.05) is 22.8 Å². The van der Waals surface area contributed by atoms with E-state index in [9.17, 15) is 0 Å². The lowest BCUT2D eigenvalue weighted by molar-refractivity contribution is 0.0899. The molecule has 154 valence electrons. The van der Waals surface area contributed by atoms with Crippen LogP contribution < -0.4 is 4.74 Å². The van der Waals surface area contributed by atoms with Gasteiger partial charge in [-0.15, -0.1) is 0 Å². The molecular weight excluding hydrogens is 402 g/mol. The summed E-state index contributed by atoms with van der Waals surface area (Å²) in [6.45, 7) is 9.00. The molecule has 0 radical (unpaired) electrons. The smallest absolute Gasteiger partial charge is 0.221 e. The maximum absolute atomic E-state index is 6.19. The first-order valence-corrected chi connectivity index (χ1v) is 14.3. The number of hydrogen-bond acceptors (Lipinski definition) is 4. The molecule has 3 aromatic rings. The highest BCUT2D eigenvalue weighted by Gasteiger charge is 2.23. The lowest BCUT2D eigenvalue weighted by Gasteiger charge is -2.15. The first kappa shape index (κ1) is 20.4. The Morgan fingerprint density at radius 3 is 2.76 bits per heavy atom. The molecule has 3 heterocycles. The van der Waals surface area contributed by atoms with E-state index in [2.05, 4.69) is 41.9 Å². The van der Waals surface area contributed by atoms with Crippen molar-refractivity contribution in [1.82, 2.24) is 14.5 Å².